The Hall–Kier alpha value is -1.22. The van der Waals surface area contributed by atoms with Crippen molar-refractivity contribution in [3.05, 3.63) is 34.8 Å². The summed E-state index contributed by atoms with van der Waals surface area (Å²) in [5, 5.41) is 11.2. The third-order valence-electron chi connectivity index (χ3n) is 2.97. The highest BCUT2D eigenvalue weighted by Gasteiger charge is 2.15. The third-order valence-corrected chi connectivity index (χ3v) is 5.12. The molecule has 0 aliphatic carbocycles. The van der Waals surface area contributed by atoms with Gasteiger partial charge < -0.3 is 5.32 Å². The van der Waals surface area contributed by atoms with Crippen LogP contribution in [-0.4, -0.2) is 37.8 Å². The molecule has 2 rings (SSSR count). The van der Waals surface area contributed by atoms with Crippen LogP contribution >= 0.6 is 11.3 Å². The van der Waals surface area contributed by atoms with Gasteiger partial charge in [-0.3, -0.25) is 4.68 Å². The summed E-state index contributed by atoms with van der Waals surface area (Å²) >= 11 is 1.61. The van der Waals surface area contributed by atoms with Crippen molar-refractivity contribution < 1.29 is 8.42 Å². The fourth-order valence-corrected chi connectivity index (χ4v) is 3.51. The number of rotatable bonds is 9. The standard InChI is InChI=1S/C13H20N4O2S2/c1-2-14-6-7-17-10-13(9-15-17)21(18,19)16-5-3-12-4-8-20-11-12/h4,8-11,14,16H,2-3,5-7H2,1H3. The molecule has 0 aromatic carbocycles. The normalized spacial score (nSPS) is 11.9. The molecule has 0 saturated carbocycles. The van der Waals surface area contributed by atoms with Gasteiger partial charge in [-0.25, -0.2) is 13.1 Å². The van der Waals surface area contributed by atoms with Crippen molar-refractivity contribution >= 4 is 21.4 Å². The Morgan fingerprint density at radius 1 is 1.38 bits per heavy atom. The van der Waals surface area contributed by atoms with E-state index in [2.05, 4.69) is 15.1 Å². The van der Waals surface area contributed by atoms with Crippen LogP contribution in [0.15, 0.2) is 34.1 Å². The van der Waals surface area contributed by atoms with Crippen molar-refractivity contribution in [3.8, 4) is 0 Å². The number of hydrogen-bond donors (Lipinski definition) is 2. The van der Waals surface area contributed by atoms with Gasteiger partial charge in [0.15, 0.2) is 0 Å². The molecule has 2 N–H and O–H groups in total. The first-order chi connectivity index (χ1) is 10.1. The van der Waals surface area contributed by atoms with Crippen molar-refractivity contribution in [3.63, 3.8) is 0 Å². The maximum Gasteiger partial charge on any atom is 0.243 e. The Morgan fingerprint density at radius 2 is 2.24 bits per heavy atom. The average molecular weight is 328 g/mol. The lowest BCUT2D eigenvalue weighted by Crippen LogP contribution is -2.25. The molecule has 0 saturated heterocycles. The highest BCUT2D eigenvalue weighted by atomic mass is 32.2. The van der Waals surface area contributed by atoms with Crippen LogP contribution in [-0.2, 0) is 23.0 Å². The zero-order valence-corrected chi connectivity index (χ0v) is 13.6. The number of sulfonamides is 1. The van der Waals surface area contributed by atoms with Crippen molar-refractivity contribution in [2.75, 3.05) is 19.6 Å². The summed E-state index contributed by atoms with van der Waals surface area (Å²) in [7, 11) is -3.47. The van der Waals surface area contributed by atoms with Crippen LogP contribution in [0.4, 0.5) is 0 Å². The molecule has 0 radical (unpaired) electrons. The largest absolute Gasteiger partial charge is 0.315 e. The SMILES string of the molecule is CCNCCn1cc(S(=O)(=O)NCCc2ccsc2)cn1. The van der Waals surface area contributed by atoms with Crippen molar-refractivity contribution in [2.24, 2.45) is 0 Å². The summed E-state index contributed by atoms with van der Waals surface area (Å²) in [5.41, 5.74) is 1.14. The quantitative estimate of drug-likeness (QED) is 0.675. The van der Waals surface area contributed by atoms with E-state index in [1.165, 1.54) is 6.20 Å². The smallest absolute Gasteiger partial charge is 0.243 e. The molecule has 8 heteroatoms. The summed E-state index contributed by atoms with van der Waals surface area (Å²) in [5.74, 6) is 0. The first-order valence-corrected chi connectivity index (χ1v) is 9.28. The molecule has 0 fully saturated rings. The van der Waals surface area contributed by atoms with E-state index >= 15 is 0 Å². The Labute approximate surface area is 129 Å². The number of hydrogen-bond acceptors (Lipinski definition) is 5. The van der Waals surface area contributed by atoms with Gasteiger partial charge >= 0.3 is 0 Å². The lowest BCUT2D eigenvalue weighted by atomic mass is 10.2. The number of aromatic nitrogens is 2. The predicted octanol–water partition coefficient (Wildman–Crippen LogP) is 1.08. The van der Waals surface area contributed by atoms with E-state index in [-0.39, 0.29) is 4.90 Å². The lowest BCUT2D eigenvalue weighted by Gasteiger charge is -2.04. The van der Waals surface area contributed by atoms with Gasteiger partial charge in [0.2, 0.25) is 10.0 Å². The molecule has 2 heterocycles. The van der Waals surface area contributed by atoms with E-state index in [1.807, 2.05) is 23.8 Å². The monoisotopic (exact) mass is 328 g/mol. The first-order valence-electron chi connectivity index (χ1n) is 6.85. The molecule has 2 aromatic rings. The van der Waals surface area contributed by atoms with Crippen molar-refractivity contribution in [1.29, 1.82) is 0 Å². The van der Waals surface area contributed by atoms with Crippen LogP contribution in [0.1, 0.15) is 12.5 Å². The second kappa shape index (κ2) is 7.69. The summed E-state index contributed by atoms with van der Waals surface area (Å²) in [6, 6.07) is 2.00. The van der Waals surface area contributed by atoms with Gasteiger partial charge in [-0.15, -0.1) is 0 Å². The average Bonchev–Trinajstić information content (AvgIpc) is 3.10. The molecule has 0 amide bonds. The first kappa shape index (κ1) is 16.2. The van der Waals surface area contributed by atoms with Crippen LogP contribution in [0.2, 0.25) is 0 Å². The summed E-state index contributed by atoms with van der Waals surface area (Å²) in [6.07, 6.45) is 3.64. The predicted molar refractivity (Wildman–Crippen MR) is 84.0 cm³/mol. The van der Waals surface area contributed by atoms with Gasteiger partial charge in [0.05, 0.1) is 12.7 Å². The second-order valence-corrected chi connectivity index (χ2v) is 7.12. The number of likely N-dealkylation sites (N-methyl/N-ethyl adjacent to an activating group) is 1. The molecular formula is C13H20N4O2S2. The second-order valence-electron chi connectivity index (χ2n) is 4.57. The number of nitrogens with zero attached hydrogens (tertiary/aromatic N) is 2. The maximum absolute atomic E-state index is 12.1. The molecule has 0 spiro atoms. The van der Waals surface area contributed by atoms with Crippen LogP contribution in [0.3, 0.4) is 0 Å². The molecule has 2 aromatic heterocycles. The van der Waals surface area contributed by atoms with Crippen LogP contribution in [0.5, 0.6) is 0 Å². The fraction of sp³-hybridized carbons (Fsp3) is 0.462. The maximum atomic E-state index is 12.1. The third kappa shape index (κ3) is 4.92. The van der Waals surface area contributed by atoms with E-state index in [9.17, 15) is 8.42 Å². The molecule has 0 aliphatic rings. The van der Waals surface area contributed by atoms with Crippen LogP contribution in [0, 0.1) is 0 Å². The highest BCUT2D eigenvalue weighted by molar-refractivity contribution is 7.89. The molecule has 0 aliphatic heterocycles. The van der Waals surface area contributed by atoms with E-state index in [1.54, 1.807) is 22.2 Å². The van der Waals surface area contributed by atoms with Gasteiger partial charge in [-0.05, 0) is 35.4 Å². The number of nitrogens with one attached hydrogen (secondary N) is 2. The molecule has 0 atom stereocenters. The fourth-order valence-electron chi connectivity index (χ4n) is 1.82. The van der Waals surface area contributed by atoms with Crippen LogP contribution in [0.25, 0.3) is 0 Å². The van der Waals surface area contributed by atoms with E-state index in [0.717, 1.165) is 18.7 Å². The van der Waals surface area contributed by atoms with E-state index in [0.29, 0.717) is 19.5 Å². The Bertz CT molecular complexity index is 635. The zero-order chi connectivity index (χ0) is 15.1. The molecule has 116 valence electrons. The summed E-state index contributed by atoms with van der Waals surface area (Å²) < 4.78 is 28.5. The van der Waals surface area contributed by atoms with Gasteiger partial charge in [0, 0.05) is 19.3 Å². The van der Waals surface area contributed by atoms with Gasteiger partial charge in [0.25, 0.3) is 0 Å². The topological polar surface area (TPSA) is 76.0 Å². The molecular weight excluding hydrogens is 308 g/mol. The van der Waals surface area contributed by atoms with Crippen molar-refractivity contribution in [2.45, 2.75) is 24.8 Å². The Kier molecular flexibility index (Phi) is 5.92. The minimum absolute atomic E-state index is 0.212. The molecule has 6 nitrogen and oxygen atoms in total. The Morgan fingerprint density at radius 3 is 2.95 bits per heavy atom. The Balaban J connectivity index is 1.86. The van der Waals surface area contributed by atoms with Gasteiger partial charge in [-0.1, -0.05) is 6.92 Å². The zero-order valence-electron chi connectivity index (χ0n) is 11.9. The molecule has 0 bridgehead atoms. The summed E-state index contributed by atoms with van der Waals surface area (Å²) in [6.45, 7) is 4.72. The van der Waals surface area contributed by atoms with Crippen molar-refractivity contribution in [1.82, 2.24) is 19.8 Å². The lowest BCUT2D eigenvalue weighted by molar-refractivity contribution is 0.563. The highest BCUT2D eigenvalue weighted by Crippen LogP contribution is 2.09. The van der Waals surface area contributed by atoms with Gasteiger partial charge in [-0.2, -0.15) is 16.4 Å². The number of thiophene rings is 1. The summed E-state index contributed by atoms with van der Waals surface area (Å²) in [4.78, 5) is 0.212. The minimum atomic E-state index is -3.47. The van der Waals surface area contributed by atoms with E-state index in [4.69, 9.17) is 0 Å². The van der Waals surface area contributed by atoms with Crippen LogP contribution < -0.4 is 10.0 Å². The minimum Gasteiger partial charge on any atom is -0.315 e. The molecule has 21 heavy (non-hydrogen) atoms. The van der Waals surface area contributed by atoms with E-state index < -0.39 is 10.0 Å². The van der Waals surface area contributed by atoms with Gasteiger partial charge in [0.1, 0.15) is 4.90 Å². The molecule has 0 unspecified atom stereocenters.